The second-order valence-electron chi connectivity index (χ2n) is 6.60. The molecule has 0 spiro atoms. The lowest BCUT2D eigenvalue weighted by Gasteiger charge is -2.23. The van der Waals surface area contributed by atoms with Gasteiger partial charge in [0.05, 0.1) is 5.69 Å². The summed E-state index contributed by atoms with van der Waals surface area (Å²) in [5.74, 6) is 0.575. The predicted molar refractivity (Wildman–Crippen MR) is 104 cm³/mol. The molecule has 24 heavy (non-hydrogen) atoms. The Morgan fingerprint density at radius 3 is 2.08 bits per heavy atom. The summed E-state index contributed by atoms with van der Waals surface area (Å²) in [6.07, 6.45) is 4.49. The highest BCUT2D eigenvalue weighted by Crippen LogP contribution is 2.40. The summed E-state index contributed by atoms with van der Waals surface area (Å²) in [5, 5.41) is 0. The first-order chi connectivity index (χ1) is 11.7. The maximum atomic E-state index is 2.30. The van der Waals surface area contributed by atoms with Gasteiger partial charge in [0.1, 0.15) is 0 Å². The maximum Gasteiger partial charge on any atom is 0.0510 e. The van der Waals surface area contributed by atoms with Gasteiger partial charge in [0.15, 0.2) is 0 Å². The molecular formula is C23H27N. The minimum atomic E-state index is 0.575. The lowest BCUT2D eigenvalue weighted by atomic mass is 9.82. The minimum absolute atomic E-state index is 0.575. The average Bonchev–Trinajstić information content (AvgIpc) is 2.95. The van der Waals surface area contributed by atoms with Crippen molar-refractivity contribution in [1.82, 2.24) is 4.57 Å². The summed E-state index contributed by atoms with van der Waals surface area (Å²) in [6, 6.07) is 19.8. The van der Waals surface area contributed by atoms with E-state index in [0.29, 0.717) is 5.92 Å². The zero-order valence-electron chi connectivity index (χ0n) is 15.2. The molecule has 0 atom stereocenters. The molecule has 1 heteroatoms. The Labute approximate surface area is 146 Å². The first-order valence-electron chi connectivity index (χ1n) is 8.98. The van der Waals surface area contributed by atoms with Crippen molar-refractivity contribution in [3.8, 4) is 22.4 Å². The van der Waals surface area contributed by atoms with Crippen LogP contribution < -0.4 is 0 Å². The first kappa shape index (κ1) is 16.6. The van der Waals surface area contributed by atoms with E-state index in [4.69, 9.17) is 0 Å². The van der Waals surface area contributed by atoms with E-state index in [1.807, 2.05) is 0 Å². The predicted octanol–water partition coefficient (Wildman–Crippen LogP) is 6.57. The largest absolute Gasteiger partial charge is 0.350 e. The van der Waals surface area contributed by atoms with E-state index in [9.17, 15) is 0 Å². The highest BCUT2D eigenvalue weighted by molar-refractivity contribution is 5.79. The van der Waals surface area contributed by atoms with Gasteiger partial charge in [0.25, 0.3) is 0 Å². The number of aryl methyl sites for hydroxylation is 2. The third kappa shape index (κ3) is 2.91. The molecule has 0 aliphatic rings. The lowest BCUT2D eigenvalue weighted by molar-refractivity contribution is 0.644. The maximum absolute atomic E-state index is 2.30. The Morgan fingerprint density at radius 2 is 1.50 bits per heavy atom. The molecule has 1 heterocycles. The molecule has 3 aromatic rings. The van der Waals surface area contributed by atoms with Crippen molar-refractivity contribution in [2.45, 2.75) is 39.5 Å². The number of rotatable bonds is 5. The van der Waals surface area contributed by atoms with Crippen LogP contribution in [0.25, 0.3) is 22.4 Å². The van der Waals surface area contributed by atoms with Crippen molar-refractivity contribution in [2.75, 3.05) is 0 Å². The van der Waals surface area contributed by atoms with Crippen molar-refractivity contribution in [3.05, 3.63) is 71.9 Å². The van der Waals surface area contributed by atoms with Crippen LogP contribution in [0, 0.1) is 6.92 Å². The van der Waals surface area contributed by atoms with E-state index < -0.39 is 0 Å². The Hall–Kier alpha value is -2.28. The van der Waals surface area contributed by atoms with Crippen molar-refractivity contribution >= 4 is 0 Å². The molecule has 0 saturated carbocycles. The molecular weight excluding hydrogens is 290 g/mol. The van der Waals surface area contributed by atoms with Crippen LogP contribution in [-0.4, -0.2) is 4.57 Å². The molecule has 0 unspecified atom stereocenters. The van der Waals surface area contributed by atoms with Crippen LogP contribution in [0.5, 0.6) is 0 Å². The molecule has 0 amide bonds. The zero-order chi connectivity index (χ0) is 17.1. The van der Waals surface area contributed by atoms with Gasteiger partial charge in [-0.1, -0.05) is 62.4 Å². The molecule has 0 saturated heterocycles. The number of hydrogen-bond donors (Lipinski definition) is 0. The van der Waals surface area contributed by atoms with Gasteiger partial charge in [-0.05, 0) is 54.0 Å². The molecule has 0 aliphatic heterocycles. The molecule has 0 N–H and O–H groups in total. The summed E-state index contributed by atoms with van der Waals surface area (Å²) in [5.41, 5.74) is 8.26. The van der Waals surface area contributed by atoms with E-state index in [0.717, 1.165) is 12.8 Å². The fraction of sp³-hybridized carbons (Fsp3) is 0.304. The Balaban J connectivity index is 2.31. The fourth-order valence-electron chi connectivity index (χ4n) is 3.84. The number of nitrogens with zero attached hydrogens (tertiary/aromatic N) is 1. The Morgan fingerprint density at radius 1 is 0.833 bits per heavy atom. The SMILES string of the molecule is CCC(CC)c1c(-c2ccccc2)cccc1-c1c(C)ccn1C. The Bertz CT molecular complexity index is 788. The van der Waals surface area contributed by atoms with E-state index >= 15 is 0 Å². The second-order valence-corrected chi connectivity index (χ2v) is 6.60. The van der Waals surface area contributed by atoms with Gasteiger partial charge in [-0.2, -0.15) is 0 Å². The smallest absolute Gasteiger partial charge is 0.0510 e. The third-order valence-corrected chi connectivity index (χ3v) is 5.11. The normalized spacial score (nSPS) is 11.2. The summed E-state index contributed by atoms with van der Waals surface area (Å²) >= 11 is 0. The molecule has 2 aromatic carbocycles. The van der Waals surface area contributed by atoms with Crippen LogP contribution >= 0.6 is 0 Å². The minimum Gasteiger partial charge on any atom is -0.350 e. The standard InChI is InChI=1S/C23H27N/c1-5-18(6-2)22-20(19-11-8-7-9-12-19)13-10-14-21(22)23-17(3)15-16-24(23)4/h7-16,18H,5-6H2,1-4H3. The van der Waals surface area contributed by atoms with E-state index in [1.165, 1.54) is 33.5 Å². The molecule has 0 bridgehead atoms. The van der Waals surface area contributed by atoms with Crippen molar-refractivity contribution in [1.29, 1.82) is 0 Å². The van der Waals surface area contributed by atoms with Gasteiger partial charge in [0.2, 0.25) is 0 Å². The van der Waals surface area contributed by atoms with Gasteiger partial charge < -0.3 is 4.57 Å². The van der Waals surface area contributed by atoms with Gasteiger partial charge in [-0.3, -0.25) is 0 Å². The Kier molecular flexibility index (Phi) is 4.89. The molecule has 124 valence electrons. The van der Waals surface area contributed by atoms with Crippen LogP contribution in [0.2, 0.25) is 0 Å². The molecule has 0 radical (unpaired) electrons. The van der Waals surface area contributed by atoms with Crippen LogP contribution in [0.1, 0.15) is 43.7 Å². The molecule has 0 fully saturated rings. The van der Waals surface area contributed by atoms with Crippen molar-refractivity contribution < 1.29 is 0 Å². The fourth-order valence-corrected chi connectivity index (χ4v) is 3.84. The van der Waals surface area contributed by atoms with Crippen LogP contribution in [0.4, 0.5) is 0 Å². The number of aromatic nitrogens is 1. The summed E-state index contributed by atoms with van der Waals surface area (Å²) in [6.45, 7) is 6.82. The zero-order valence-corrected chi connectivity index (χ0v) is 15.2. The van der Waals surface area contributed by atoms with Gasteiger partial charge >= 0.3 is 0 Å². The molecule has 1 aromatic heterocycles. The van der Waals surface area contributed by atoms with Gasteiger partial charge in [-0.15, -0.1) is 0 Å². The second kappa shape index (κ2) is 7.09. The monoisotopic (exact) mass is 317 g/mol. The van der Waals surface area contributed by atoms with Crippen LogP contribution in [0.3, 0.4) is 0 Å². The quantitative estimate of drug-likeness (QED) is 0.501. The highest BCUT2D eigenvalue weighted by Gasteiger charge is 2.20. The number of benzene rings is 2. The molecule has 0 aliphatic carbocycles. The average molecular weight is 317 g/mol. The van der Waals surface area contributed by atoms with E-state index in [1.54, 1.807) is 0 Å². The van der Waals surface area contributed by atoms with E-state index in [-0.39, 0.29) is 0 Å². The van der Waals surface area contributed by atoms with Crippen LogP contribution in [-0.2, 0) is 7.05 Å². The molecule has 3 rings (SSSR count). The van der Waals surface area contributed by atoms with E-state index in [2.05, 4.69) is 93.2 Å². The van der Waals surface area contributed by atoms with Crippen LogP contribution in [0.15, 0.2) is 60.8 Å². The molecule has 1 nitrogen and oxygen atoms in total. The third-order valence-electron chi connectivity index (χ3n) is 5.11. The summed E-state index contributed by atoms with van der Waals surface area (Å²) in [4.78, 5) is 0. The first-order valence-corrected chi connectivity index (χ1v) is 8.98. The number of hydrogen-bond acceptors (Lipinski definition) is 0. The topological polar surface area (TPSA) is 4.93 Å². The van der Waals surface area contributed by atoms with Crippen molar-refractivity contribution in [2.24, 2.45) is 7.05 Å². The summed E-state index contributed by atoms with van der Waals surface area (Å²) < 4.78 is 2.26. The lowest BCUT2D eigenvalue weighted by Crippen LogP contribution is -2.04. The van der Waals surface area contributed by atoms with Gasteiger partial charge in [0, 0.05) is 18.8 Å². The summed E-state index contributed by atoms with van der Waals surface area (Å²) in [7, 11) is 2.15. The van der Waals surface area contributed by atoms with Gasteiger partial charge in [-0.25, -0.2) is 0 Å². The van der Waals surface area contributed by atoms with Crippen molar-refractivity contribution in [3.63, 3.8) is 0 Å². The highest BCUT2D eigenvalue weighted by atomic mass is 14.9.